The number of carboxylic acid groups (broad SMARTS) is 1. The fourth-order valence-corrected chi connectivity index (χ4v) is 1.94. The molecule has 0 saturated carbocycles. The monoisotopic (exact) mass is 294 g/mol. The van der Waals surface area contributed by atoms with Crippen molar-refractivity contribution in [3.63, 3.8) is 0 Å². The van der Waals surface area contributed by atoms with Gasteiger partial charge in [0.25, 0.3) is 0 Å². The number of rotatable bonds is 2. The van der Waals surface area contributed by atoms with E-state index in [-0.39, 0.29) is 11.3 Å². The summed E-state index contributed by atoms with van der Waals surface area (Å²) in [5.41, 5.74) is -1.01. The normalized spacial score (nSPS) is 11.2. The topological polar surface area (TPSA) is 66.0 Å². The van der Waals surface area contributed by atoms with Crippen LogP contribution >= 0.6 is 0 Å². The first-order valence-electron chi connectivity index (χ1n) is 5.77. The first kappa shape index (κ1) is 14.7. The van der Waals surface area contributed by atoms with Crippen LogP contribution in [0.2, 0.25) is 0 Å². The maximum atomic E-state index is 12.9. The van der Waals surface area contributed by atoms with Gasteiger partial charge in [0.2, 0.25) is 0 Å². The maximum absolute atomic E-state index is 12.9. The third-order valence-corrected chi connectivity index (χ3v) is 2.91. The molecule has 0 fully saturated rings. The minimum Gasteiger partial charge on any atom is -0.478 e. The fourth-order valence-electron chi connectivity index (χ4n) is 1.94. The van der Waals surface area contributed by atoms with Crippen molar-refractivity contribution in [2.45, 2.75) is 13.1 Å². The van der Waals surface area contributed by atoms with E-state index in [1.165, 1.54) is 12.1 Å². The van der Waals surface area contributed by atoms with Gasteiger partial charge in [-0.25, -0.2) is 4.79 Å². The standard InChI is InChI=1S/C14H9F3N2O2/c1-8-2-3-9(5-18)12(4-8)19-6-10(13(20)21)11(7-19)14(15,16)17/h2-4,6-7H,1H3,(H,20,21). The number of carboxylic acids is 1. The Hall–Kier alpha value is -2.75. The second kappa shape index (κ2) is 4.98. The molecule has 0 radical (unpaired) electrons. The van der Waals surface area contributed by atoms with Gasteiger partial charge in [0.15, 0.2) is 0 Å². The zero-order chi connectivity index (χ0) is 15.8. The molecule has 0 spiro atoms. The van der Waals surface area contributed by atoms with E-state index in [2.05, 4.69) is 0 Å². The maximum Gasteiger partial charge on any atom is 0.418 e. The lowest BCUT2D eigenvalue weighted by molar-refractivity contribution is -0.138. The van der Waals surface area contributed by atoms with Gasteiger partial charge in [-0.15, -0.1) is 0 Å². The number of hydrogen-bond acceptors (Lipinski definition) is 2. The van der Waals surface area contributed by atoms with E-state index in [4.69, 9.17) is 10.4 Å². The van der Waals surface area contributed by atoms with E-state index >= 15 is 0 Å². The molecule has 1 N–H and O–H groups in total. The van der Waals surface area contributed by atoms with Crippen LogP contribution in [0.15, 0.2) is 30.6 Å². The number of aryl methyl sites for hydroxylation is 1. The smallest absolute Gasteiger partial charge is 0.418 e. The van der Waals surface area contributed by atoms with E-state index in [0.29, 0.717) is 6.20 Å². The first-order valence-corrected chi connectivity index (χ1v) is 5.77. The molecule has 0 atom stereocenters. The van der Waals surface area contributed by atoms with Crippen molar-refractivity contribution in [3.8, 4) is 11.8 Å². The van der Waals surface area contributed by atoms with E-state index in [1.54, 1.807) is 13.0 Å². The third kappa shape index (κ3) is 2.74. The Morgan fingerprint density at radius 2 is 2.00 bits per heavy atom. The molecule has 2 rings (SSSR count). The molecule has 0 saturated heterocycles. The largest absolute Gasteiger partial charge is 0.478 e. The van der Waals surface area contributed by atoms with Gasteiger partial charge in [-0.05, 0) is 24.6 Å². The summed E-state index contributed by atoms with van der Waals surface area (Å²) in [5.74, 6) is -1.67. The molecule has 1 heterocycles. The summed E-state index contributed by atoms with van der Waals surface area (Å²) in [4.78, 5) is 11.0. The summed E-state index contributed by atoms with van der Waals surface area (Å²) in [6.45, 7) is 1.72. The molecule has 0 amide bonds. The Bertz CT molecular complexity index is 755. The van der Waals surface area contributed by atoms with Gasteiger partial charge < -0.3 is 9.67 Å². The molecular formula is C14H9F3N2O2. The molecule has 7 heteroatoms. The molecule has 2 aromatic rings. The van der Waals surface area contributed by atoms with Crippen LogP contribution in [-0.2, 0) is 6.18 Å². The molecular weight excluding hydrogens is 285 g/mol. The summed E-state index contributed by atoms with van der Waals surface area (Å²) in [6.07, 6.45) is -3.24. The fraction of sp³-hybridized carbons (Fsp3) is 0.143. The highest BCUT2D eigenvalue weighted by atomic mass is 19.4. The SMILES string of the molecule is Cc1ccc(C#N)c(-n2cc(C(=O)O)c(C(F)(F)F)c2)c1. The van der Waals surface area contributed by atoms with Crippen LogP contribution in [0.25, 0.3) is 5.69 Å². The Kier molecular flexibility index (Phi) is 3.47. The first-order chi connectivity index (χ1) is 9.74. The Morgan fingerprint density at radius 3 is 2.48 bits per heavy atom. The predicted octanol–water partition coefficient (Wildman–Crippen LogP) is 3.37. The van der Waals surface area contributed by atoms with Gasteiger partial charge >= 0.3 is 12.1 Å². The van der Waals surface area contributed by atoms with Crippen LogP contribution in [0.1, 0.15) is 27.0 Å². The van der Waals surface area contributed by atoms with Gasteiger partial charge in [-0.1, -0.05) is 6.07 Å². The number of hydrogen-bond donors (Lipinski definition) is 1. The molecule has 1 aromatic carbocycles. The van der Waals surface area contributed by atoms with Crippen LogP contribution in [0.3, 0.4) is 0 Å². The number of aromatic nitrogens is 1. The highest BCUT2D eigenvalue weighted by Crippen LogP contribution is 2.34. The zero-order valence-corrected chi connectivity index (χ0v) is 10.8. The molecule has 21 heavy (non-hydrogen) atoms. The van der Waals surface area contributed by atoms with Crippen LogP contribution in [-0.4, -0.2) is 15.6 Å². The van der Waals surface area contributed by atoms with Gasteiger partial charge in [0.1, 0.15) is 6.07 Å². The number of aromatic carboxylic acids is 1. The Labute approximate surface area is 117 Å². The second-order valence-electron chi connectivity index (χ2n) is 4.43. The molecule has 0 aliphatic carbocycles. The van der Waals surface area contributed by atoms with Crippen molar-refractivity contribution >= 4 is 5.97 Å². The van der Waals surface area contributed by atoms with Crippen molar-refractivity contribution in [2.24, 2.45) is 0 Å². The van der Waals surface area contributed by atoms with Crippen LogP contribution in [0, 0.1) is 18.3 Å². The van der Waals surface area contributed by atoms with Gasteiger partial charge in [-0.2, -0.15) is 18.4 Å². The van der Waals surface area contributed by atoms with Crippen molar-refractivity contribution in [1.29, 1.82) is 5.26 Å². The van der Waals surface area contributed by atoms with Gasteiger partial charge in [-0.3, -0.25) is 0 Å². The lowest BCUT2D eigenvalue weighted by Gasteiger charge is -2.07. The molecule has 108 valence electrons. The lowest BCUT2D eigenvalue weighted by Crippen LogP contribution is -2.09. The predicted molar refractivity (Wildman–Crippen MR) is 67.2 cm³/mol. The summed E-state index contributed by atoms with van der Waals surface area (Å²) >= 11 is 0. The number of nitrogens with zero attached hydrogens (tertiary/aromatic N) is 2. The van der Waals surface area contributed by atoms with Gasteiger partial charge in [0.05, 0.1) is 22.4 Å². The third-order valence-electron chi connectivity index (χ3n) is 2.91. The quantitative estimate of drug-likeness (QED) is 0.923. The average molecular weight is 294 g/mol. The van der Waals surface area contributed by atoms with Crippen molar-refractivity contribution in [3.05, 3.63) is 52.8 Å². The summed E-state index contributed by atoms with van der Waals surface area (Å²) in [6, 6.07) is 6.50. The van der Waals surface area contributed by atoms with E-state index in [1.807, 2.05) is 6.07 Å². The van der Waals surface area contributed by atoms with E-state index in [0.717, 1.165) is 16.3 Å². The number of benzene rings is 1. The Morgan fingerprint density at radius 1 is 1.33 bits per heavy atom. The minimum absolute atomic E-state index is 0.154. The van der Waals surface area contributed by atoms with Crippen LogP contribution in [0.5, 0.6) is 0 Å². The minimum atomic E-state index is -4.78. The summed E-state index contributed by atoms with van der Waals surface area (Å²) in [5, 5.41) is 17.9. The molecule has 0 bridgehead atoms. The van der Waals surface area contributed by atoms with Gasteiger partial charge in [0, 0.05) is 12.4 Å². The number of alkyl halides is 3. The van der Waals surface area contributed by atoms with Crippen molar-refractivity contribution in [2.75, 3.05) is 0 Å². The zero-order valence-electron chi connectivity index (χ0n) is 10.8. The Balaban J connectivity index is 2.70. The molecule has 0 aliphatic heterocycles. The molecule has 4 nitrogen and oxygen atoms in total. The molecule has 1 aromatic heterocycles. The van der Waals surface area contributed by atoms with E-state index < -0.39 is 23.3 Å². The van der Waals surface area contributed by atoms with Crippen molar-refractivity contribution in [1.82, 2.24) is 4.57 Å². The highest BCUT2D eigenvalue weighted by molar-refractivity contribution is 5.89. The summed E-state index contributed by atoms with van der Waals surface area (Å²) < 4.78 is 39.6. The molecule has 0 unspecified atom stereocenters. The number of nitriles is 1. The number of halogens is 3. The van der Waals surface area contributed by atoms with Crippen molar-refractivity contribution < 1.29 is 23.1 Å². The van der Waals surface area contributed by atoms with Crippen LogP contribution in [0.4, 0.5) is 13.2 Å². The summed E-state index contributed by atoms with van der Waals surface area (Å²) in [7, 11) is 0. The highest BCUT2D eigenvalue weighted by Gasteiger charge is 2.37. The number of carbonyl (C=O) groups is 1. The molecule has 0 aliphatic rings. The average Bonchev–Trinajstić information content (AvgIpc) is 2.83. The van der Waals surface area contributed by atoms with Crippen LogP contribution < -0.4 is 0 Å². The van der Waals surface area contributed by atoms with E-state index in [9.17, 15) is 18.0 Å². The second-order valence-corrected chi connectivity index (χ2v) is 4.43. The lowest BCUT2D eigenvalue weighted by atomic mass is 10.1.